The van der Waals surface area contributed by atoms with E-state index in [2.05, 4.69) is 62.5 Å². The van der Waals surface area contributed by atoms with Crippen LogP contribution in [-0.4, -0.2) is 74.9 Å². The van der Waals surface area contributed by atoms with Crippen LogP contribution >= 0.6 is 7.82 Å². The van der Waals surface area contributed by atoms with Crippen molar-refractivity contribution in [3.63, 3.8) is 0 Å². The fourth-order valence-corrected chi connectivity index (χ4v) is 8.83. The van der Waals surface area contributed by atoms with Crippen molar-refractivity contribution in [1.82, 2.24) is 0 Å². The zero-order valence-corrected chi connectivity index (χ0v) is 47.1. The monoisotopic (exact) mass is 1000 g/mol. The first-order valence-electron chi connectivity index (χ1n) is 29.0. The number of phosphoric acid groups is 1. The quantitative estimate of drug-likeness (QED) is 0.0211. The number of carbonyl (C=O) groups excluding carboxylic acids is 2. The molecule has 408 valence electrons. The summed E-state index contributed by atoms with van der Waals surface area (Å²) in [5, 5.41) is 0. The highest BCUT2D eigenvalue weighted by Gasteiger charge is 2.27. The van der Waals surface area contributed by atoms with Crippen molar-refractivity contribution in [2.45, 2.75) is 264 Å². The Morgan fingerprint density at radius 2 is 0.843 bits per heavy atom. The summed E-state index contributed by atoms with van der Waals surface area (Å²) in [4.78, 5) is 35.5. The van der Waals surface area contributed by atoms with Crippen LogP contribution in [0.4, 0.5) is 0 Å². The summed E-state index contributed by atoms with van der Waals surface area (Å²) in [6, 6.07) is 0. The van der Waals surface area contributed by atoms with Crippen LogP contribution in [-0.2, 0) is 32.7 Å². The van der Waals surface area contributed by atoms with Gasteiger partial charge < -0.3 is 18.9 Å². The lowest BCUT2D eigenvalue weighted by atomic mass is 10.0. The molecule has 10 heteroatoms. The maximum Gasteiger partial charge on any atom is 0.472 e. The van der Waals surface area contributed by atoms with Crippen LogP contribution in [0.5, 0.6) is 0 Å². The van der Waals surface area contributed by atoms with Gasteiger partial charge in [-0.15, -0.1) is 0 Å². The molecule has 0 aliphatic carbocycles. The SMILES string of the molecule is CC/C=C\C/C=C\C/C=C\C/C=C\CCC(=O)OC(COC(=O)CCCCCCCCCCCCCCCCCCCCCCC/C=C\CCCCCCCCCC)COP(=O)(O)OCC[N+](C)(C)C. The van der Waals surface area contributed by atoms with Gasteiger partial charge in [-0.2, -0.15) is 0 Å². The largest absolute Gasteiger partial charge is 0.472 e. The number of ether oxygens (including phenoxy) is 2. The van der Waals surface area contributed by atoms with Gasteiger partial charge in [0.25, 0.3) is 0 Å². The molecule has 0 heterocycles. The number of unbranched alkanes of at least 4 members (excludes halogenated alkanes) is 29. The first-order chi connectivity index (χ1) is 34.0. The first kappa shape index (κ1) is 67.7. The van der Waals surface area contributed by atoms with E-state index in [1.807, 2.05) is 33.3 Å². The maximum atomic E-state index is 12.7. The molecule has 0 bridgehead atoms. The van der Waals surface area contributed by atoms with Crippen molar-refractivity contribution < 1.29 is 42.1 Å². The normalized spacial score (nSPS) is 13.7. The topological polar surface area (TPSA) is 108 Å². The van der Waals surface area contributed by atoms with E-state index in [4.69, 9.17) is 18.5 Å². The Balaban J connectivity index is 3.99. The second-order valence-electron chi connectivity index (χ2n) is 20.6. The molecule has 0 amide bonds. The van der Waals surface area contributed by atoms with Crippen molar-refractivity contribution in [3.8, 4) is 0 Å². The Morgan fingerprint density at radius 3 is 1.27 bits per heavy atom. The van der Waals surface area contributed by atoms with Crippen molar-refractivity contribution in [3.05, 3.63) is 60.8 Å². The van der Waals surface area contributed by atoms with Gasteiger partial charge in [0.1, 0.15) is 19.8 Å². The zero-order valence-electron chi connectivity index (χ0n) is 46.2. The smallest absolute Gasteiger partial charge is 0.462 e. The number of carbonyl (C=O) groups is 2. The summed E-state index contributed by atoms with van der Waals surface area (Å²) >= 11 is 0. The molecule has 0 saturated carbocycles. The predicted octanol–water partition coefficient (Wildman–Crippen LogP) is 17.9. The van der Waals surface area contributed by atoms with Gasteiger partial charge >= 0.3 is 19.8 Å². The van der Waals surface area contributed by atoms with Gasteiger partial charge in [0.2, 0.25) is 0 Å². The fraction of sp³-hybridized carbons (Fsp3) is 0.800. The van der Waals surface area contributed by atoms with E-state index in [-0.39, 0.29) is 32.0 Å². The van der Waals surface area contributed by atoms with E-state index in [1.54, 1.807) is 0 Å². The van der Waals surface area contributed by atoms with Crippen LogP contribution in [0, 0.1) is 0 Å². The highest BCUT2D eigenvalue weighted by Crippen LogP contribution is 2.43. The van der Waals surface area contributed by atoms with Crippen molar-refractivity contribution in [1.29, 1.82) is 0 Å². The van der Waals surface area contributed by atoms with Crippen molar-refractivity contribution in [2.75, 3.05) is 47.5 Å². The summed E-state index contributed by atoms with van der Waals surface area (Å²) in [6.07, 6.45) is 66.3. The number of nitrogens with zero attached hydrogens (tertiary/aromatic N) is 1. The number of hydrogen-bond acceptors (Lipinski definition) is 7. The fourth-order valence-electron chi connectivity index (χ4n) is 8.08. The van der Waals surface area contributed by atoms with Crippen LogP contribution in [0.1, 0.15) is 258 Å². The number of phosphoric ester groups is 1. The van der Waals surface area contributed by atoms with Crippen molar-refractivity contribution >= 4 is 19.8 Å². The van der Waals surface area contributed by atoms with Gasteiger partial charge in [-0.1, -0.05) is 242 Å². The molecule has 0 aromatic heterocycles. The van der Waals surface area contributed by atoms with E-state index in [9.17, 15) is 19.0 Å². The average Bonchev–Trinajstić information content (AvgIpc) is 3.32. The number of hydrogen-bond donors (Lipinski definition) is 1. The van der Waals surface area contributed by atoms with Gasteiger partial charge in [0.15, 0.2) is 6.10 Å². The number of quaternary nitrogens is 1. The van der Waals surface area contributed by atoms with E-state index >= 15 is 0 Å². The molecule has 2 unspecified atom stereocenters. The summed E-state index contributed by atoms with van der Waals surface area (Å²) in [5.41, 5.74) is 0. The molecule has 0 aliphatic rings. The number of likely N-dealkylation sites (N-methyl/N-ethyl adjacent to an activating group) is 1. The Kier molecular flexibility index (Phi) is 49.9. The highest BCUT2D eigenvalue weighted by molar-refractivity contribution is 7.47. The third-order valence-electron chi connectivity index (χ3n) is 12.5. The van der Waals surface area contributed by atoms with Gasteiger partial charge in [-0.3, -0.25) is 18.6 Å². The predicted molar refractivity (Wildman–Crippen MR) is 298 cm³/mol. The Hall–Kier alpha value is -2.29. The molecule has 0 aliphatic heterocycles. The molecule has 0 fully saturated rings. The highest BCUT2D eigenvalue weighted by atomic mass is 31.2. The molecule has 0 saturated heterocycles. The molecule has 70 heavy (non-hydrogen) atoms. The van der Waals surface area contributed by atoms with E-state index in [0.717, 1.165) is 44.9 Å². The number of esters is 2. The average molecular weight is 1010 g/mol. The standard InChI is InChI=1S/C60H110NO8P/c1-6-8-10-12-14-16-18-20-21-22-23-24-25-26-27-28-29-30-31-32-33-34-35-36-37-38-39-41-42-44-46-48-50-52-59(62)66-56-58(57-68-70(64,65)67-55-54-61(3,4)5)69-60(63)53-51-49-47-45-43-40-19-17-15-13-11-9-7-2/h9,11,15,17,22-23,40,43,47,49,58H,6-8,10,12-14,16,18-21,24-39,41-42,44-46,48,50-57H2,1-5H3/p+1/b11-9-,17-15-,23-22-,43-40-,49-47-. The van der Waals surface area contributed by atoms with E-state index < -0.39 is 26.5 Å². The molecular weight excluding hydrogens is 894 g/mol. The zero-order chi connectivity index (χ0) is 51.3. The van der Waals surface area contributed by atoms with Gasteiger partial charge in [-0.05, 0) is 64.2 Å². The molecule has 0 aromatic rings. The molecule has 0 radical (unpaired) electrons. The molecule has 9 nitrogen and oxygen atoms in total. The van der Waals surface area contributed by atoms with Gasteiger partial charge in [-0.25, -0.2) is 4.57 Å². The lowest BCUT2D eigenvalue weighted by molar-refractivity contribution is -0.870. The van der Waals surface area contributed by atoms with Crippen LogP contribution in [0.2, 0.25) is 0 Å². The molecule has 2 atom stereocenters. The molecule has 0 spiro atoms. The lowest BCUT2D eigenvalue weighted by Crippen LogP contribution is -2.37. The summed E-state index contributed by atoms with van der Waals surface area (Å²) in [7, 11) is 1.44. The summed E-state index contributed by atoms with van der Waals surface area (Å²) in [6.45, 7) is 4.25. The van der Waals surface area contributed by atoms with Crippen LogP contribution in [0.3, 0.4) is 0 Å². The maximum absolute atomic E-state index is 12.7. The van der Waals surface area contributed by atoms with Crippen LogP contribution < -0.4 is 0 Å². The van der Waals surface area contributed by atoms with E-state index in [1.165, 1.54) is 180 Å². The third-order valence-corrected chi connectivity index (χ3v) is 13.5. The number of rotatable bonds is 53. The molecule has 1 N–H and O–H groups in total. The minimum absolute atomic E-state index is 0.0183. The van der Waals surface area contributed by atoms with Gasteiger partial charge in [0.05, 0.1) is 27.7 Å². The lowest BCUT2D eigenvalue weighted by Gasteiger charge is -2.24. The number of allylic oxidation sites excluding steroid dienone is 10. The third kappa shape index (κ3) is 55.0. The second kappa shape index (κ2) is 51.6. The first-order valence-corrected chi connectivity index (χ1v) is 30.5. The second-order valence-corrected chi connectivity index (χ2v) is 22.1. The van der Waals surface area contributed by atoms with Crippen LogP contribution in [0.25, 0.3) is 0 Å². The van der Waals surface area contributed by atoms with Gasteiger partial charge in [0, 0.05) is 12.8 Å². The molecular formula is C60H111NO8P+. The Bertz CT molecular complexity index is 1370. The molecule has 0 rings (SSSR count). The van der Waals surface area contributed by atoms with Crippen LogP contribution in [0.15, 0.2) is 60.8 Å². The Morgan fingerprint density at radius 1 is 0.457 bits per heavy atom. The Labute approximate surface area is 432 Å². The minimum atomic E-state index is -4.40. The van der Waals surface area contributed by atoms with Crippen molar-refractivity contribution in [2.24, 2.45) is 0 Å². The summed E-state index contributed by atoms with van der Waals surface area (Å²) < 4.78 is 34.3. The summed E-state index contributed by atoms with van der Waals surface area (Å²) in [5.74, 6) is -0.887. The van der Waals surface area contributed by atoms with E-state index in [0.29, 0.717) is 17.4 Å². The molecule has 0 aromatic carbocycles. The minimum Gasteiger partial charge on any atom is -0.462 e.